The van der Waals surface area contributed by atoms with E-state index in [1.165, 1.54) is 6.20 Å². The molecule has 2 amide bonds. The molecular formula is C26H26N6O3. The number of benzene rings is 1. The molecule has 178 valence electrons. The van der Waals surface area contributed by atoms with E-state index >= 15 is 0 Å². The number of carbonyl (C=O) groups is 2. The van der Waals surface area contributed by atoms with Gasteiger partial charge in [-0.25, -0.2) is 4.98 Å². The normalized spacial score (nSPS) is 15.4. The van der Waals surface area contributed by atoms with Crippen LogP contribution in [-0.4, -0.2) is 49.7 Å². The molecule has 9 nitrogen and oxygen atoms in total. The van der Waals surface area contributed by atoms with Gasteiger partial charge in [-0.05, 0) is 50.1 Å². The van der Waals surface area contributed by atoms with Gasteiger partial charge in [-0.1, -0.05) is 0 Å². The quantitative estimate of drug-likeness (QED) is 0.436. The second kappa shape index (κ2) is 9.54. The maximum atomic E-state index is 12.3. The Morgan fingerprint density at radius 1 is 1.17 bits per heavy atom. The van der Waals surface area contributed by atoms with Crippen LogP contribution in [0.5, 0.6) is 11.5 Å². The van der Waals surface area contributed by atoms with Crippen molar-refractivity contribution >= 4 is 22.7 Å². The third-order valence-corrected chi connectivity index (χ3v) is 6.14. The minimum atomic E-state index is -0.229. The number of nitrogens with one attached hydrogen (secondary N) is 2. The first-order valence-corrected chi connectivity index (χ1v) is 11.7. The van der Waals surface area contributed by atoms with Crippen LogP contribution in [0.1, 0.15) is 48.8 Å². The van der Waals surface area contributed by atoms with E-state index in [0.717, 1.165) is 47.2 Å². The Balaban J connectivity index is 1.55. The Hall–Kier alpha value is -4.27. The van der Waals surface area contributed by atoms with E-state index in [9.17, 15) is 9.59 Å². The Kier molecular flexibility index (Phi) is 6.13. The Bertz CT molecular complexity index is 1370. The van der Waals surface area contributed by atoms with Crippen LogP contribution < -0.4 is 10.1 Å². The molecule has 35 heavy (non-hydrogen) atoms. The number of aromatic nitrogens is 4. The van der Waals surface area contributed by atoms with E-state index in [0.29, 0.717) is 23.7 Å². The third kappa shape index (κ3) is 4.57. The van der Waals surface area contributed by atoms with Crippen molar-refractivity contribution in [3.05, 3.63) is 66.4 Å². The van der Waals surface area contributed by atoms with Gasteiger partial charge in [0, 0.05) is 48.9 Å². The summed E-state index contributed by atoms with van der Waals surface area (Å²) in [4.78, 5) is 42.5. The molecule has 0 spiro atoms. The number of amides is 2. The van der Waals surface area contributed by atoms with Gasteiger partial charge >= 0.3 is 0 Å². The zero-order valence-electron chi connectivity index (χ0n) is 19.6. The molecule has 5 rings (SSSR count). The highest BCUT2D eigenvalue weighted by atomic mass is 16.5. The van der Waals surface area contributed by atoms with Gasteiger partial charge in [0.1, 0.15) is 22.9 Å². The summed E-state index contributed by atoms with van der Waals surface area (Å²) in [6.07, 6.45) is 8.32. The van der Waals surface area contributed by atoms with Gasteiger partial charge in [0.2, 0.25) is 5.91 Å². The molecule has 1 aliphatic heterocycles. The minimum Gasteiger partial charge on any atom is -0.455 e. The molecule has 2 N–H and O–H groups in total. The van der Waals surface area contributed by atoms with Gasteiger partial charge in [0.05, 0.1) is 24.1 Å². The fraction of sp³-hybridized carbons (Fsp3) is 0.269. The van der Waals surface area contributed by atoms with Gasteiger partial charge < -0.3 is 19.9 Å². The van der Waals surface area contributed by atoms with Crippen LogP contribution in [0, 0.1) is 0 Å². The molecular weight excluding hydrogens is 444 g/mol. The highest BCUT2D eigenvalue weighted by molar-refractivity contribution is 5.92. The predicted molar refractivity (Wildman–Crippen MR) is 131 cm³/mol. The standard InChI is InChI=1S/C26H26N6O3/c1-3-28-26(34)20-7-6-18(14-30-20)35-25-12-17-11-22(23-15-27-8-9-29-23)31-21(17)13-19(25)24-5-4-10-32(24)16(2)33/h6-9,11-15,24,31H,3-5,10H2,1-2H3,(H,28,34). The number of hydrogen-bond donors (Lipinski definition) is 2. The van der Waals surface area contributed by atoms with Crippen molar-refractivity contribution in [1.82, 2.24) is 30.2 Å². The number of likely N-dealkylation sites (tertiary alicyclic amines) is 1. The summed E-state index contributed by atoms with van der Waals surface area (Å²) in [5, 5.41) is 3.68. The number of nitrogens with zero attached hydrogens (tertiary/aromatic N) is 4. The summed E-state index contributed by atoms with van der Waals surface area (Å²) >= 11 is 0. The number of H-pyrrole nitrogens is 1. The van der Waals surface area contributed by atoms with E-state index in [4.69, 9.17) is 4.74 Å². The molecule has 0 aliphatic carbocycles. The lowest BCUT2D eigenvalue weighted by Crippen LogP contribution is -2.28. The van der Waals surface area contributed by atoms with Crippen molar-refractivity contribution < 1.29 is 14.3 Å². The number of pyridine rings is 1. The first-order chi connectivity index (χ1) is 17.0. The molecule has 4 aromatic rings. The number of hydrogen-bond acceptors (Lipinski definition) is 6. The van der Waals surface area contributed by atoms with Gasteiger partial charge in [-0.15, -0.1) is 0 Å². The van der Waals surface area contributed by atoms with Crippen LogP contribution in [0.25, 0.3) is 22.3 Å². The molecule has 0 saturated carbocycles. The lowest BCUT2D eigenvalue weighted by molar-refractivity contribution is -0.129. The van der Waals surface area contributed by atoms with Crippen LogP contribution in [-0.2, 0) is 4.79 Å². The number of aromatic amines is 1. The van der Waals surface area contributed by atoms with Crippen molar-refractivity contribution in [2.75, 3.05) is 13.1 Å². The van der Waals surface area contributed by atoms with Gasteiger partial charge in [-0.3, -0.25) is 19.6 Å². The lowest BCUT2D eigenvalue weighted by Gasteiger charge is -2.25. The zero-order valence-corrected chi connectivity index (χ0v) is 19.6. The summed E-state index contributed by atoms with van der Waals surface area (Å²) in [5.41, 5.74) is 3.76. The summed E-state index contributed by atoms with van der Waals surface area (Å²) in [7, 11) is 0. The van der Waals surface area contributed by atoms with Gasteiger partial charge in [0.25, 0.3) is 5.91 Å². The maximum Gasteiger partial charge on any atom is 0.269 e. The Labute approximate surface area is 202 Å². The summed E-state index contributed by atoms with van der Waals surface area (Å²) in [6, 6.07) is 9.30. The average Bonchev–Trinajstić information content (AvgIpc) is 3.52. The van der Waals surface area contributed by atoms with Gasteiger partial charge in [0.15, 0.2) is 0 Å². The number of rotatable bonds is 6. The molecule has 3 aromatic heterocycles. The van der Waals surface area contributed by atoms with Crippen molar-refractivity contribution in [1.29, 1.82) is 0 Å². The van der Waals surface area contributed by atoms with Crippen molar-refractivity contribution in [3.63, 3.8) is 0 Å². The van der Waals surface area contributed by atoms with E-state index in [2.05, 4.69) is 25.3 Å². The highest BCUT2D eigenvalue weighted by Crippen LogP contribution is 2.41. The topological polar surface area (TPSA) is 113 Å². The van der Waals surface area contributed by atoms with Crippen LogP contribution in [0.15, 0.2) is 55.1 Å². The number of fused-ring (bicyclic) bond motifs is 1. The fourth-order valence-corrected chi connectivity index (χ4v) is 4.52. The van der Waals surface area contributed by atoms with E-state index in [1.54, 1.807) is 37.6 Å². The van der Waals surface area contributed by atoms with Gasteiger partial charge in [-0.2, -0.15) is 0 Å². The number of carbonyl (C=O) groups excluding carboxylic acids is 2. The van der Waals surface area contributed by atoms with Crippen molar-refractivity contribution in [2.24, 2.45) is 0 Å². The molecule has 1 aliphatic rings. The first kappa shape index (κ1) is 22.5. The van der Waals surface area contributed by atoms with Crippen LogP contribution in [0.2, 0.25) is 0 Å². The molecule has 0 radical (unpaired) electrons. The Morgan fingerprint density at radius 3 is 2.77 bits per heavy atom. The lowest BCUT2D eigenvalue weighted by atomic mass is 10.0. The monoisotopic (exact) mass is 470 g/mol. The predicted octanol–water partition coefficient (Wildman–Crippen LogP) is 4.25. The fourth-order valence-electron chi connectivity index (χ4n) is 4.52. The van der Waals surface area contributed by atoms with Crippen molar-refractivity contribution in [3.8, 4) is 22.9 Å². The van der Waals surface area contributed by atoms with E-state index in [-0.39, 0.29) is 17.9 Å². The largest absolute Gasteiger partial charge is 0.455 e. The van der Waals surface area contributed by atoms with Crippen LogP contribution in [0.4, 0.5) is 0 Å². The summed E-state index contributed by atoms with van der Waals surface area (Å²) in [6.45, 7) is 4.71. The molecule has 1 atom stereocenters. The first-order valence-electron chi connectivity index (χ1n) is 11.7. The highest BCUT2D eigenvalue weighted by Gasteiger charge is 2.31. The maximum absolute atomic E-state index is 12.3. The molecule has 4 heterocycles. The minimum absolute atomic E-state index is 0.0400. The second-order valence-electron chi connectivity index (χ2n) is 8.46. The van der Waals surface area contributed by atoms with Crippen LogP contribution >= 0.6 is 0 Å². The molecule has 1 saturated heterocycles. The molecule has 1 unspecified atom stereocenters. The second-order valence-corrected chi connectivity index (χ2v) is 8.46. The van der Waals surface area contributed by atoms with Crippen molar-refractivity contribution in [2.45, 2.75) is 32.7 Å². The van der Waals surface area contributed by atoms with Crippen LogP contribution in [0.3, 0.4) is 0 Å². The zero-order chi connectivity index (χ0) is 24.4. The summed E-state index contributed by atoms with van der Waals surface area (Å²) < 4.78 is 6.29. The molecule has 1 fully saturated rings. The average molecular weight is 471 g/mol. The molecule has 9 heteroatoms. The number of ether oxygens (including phenoxy) is 1. The molecule has 0 bridgehead atoms. The smallest absolute Gasteiger partial charge is 0.269 e. The van der Waals surface area contributed by atoms with E-state index in [1.807, 2.05) is 30.0 Å². The van der Waals surface area contributed by atoms with E-state index < -0.39 is 0 Å². The SMILES string of the molecule is CCNC(=O)c1ccc(Oc2cc3cc(-c4cnccn4)[nH]c3cc2C2CCCN2C(C)=O)cn1. The summed E-state index contributed by atoms with van der Waals surface area (Å²) in [5.74, 6) is 0.968. The third-order valence-electron chi connectivity index (χ3n) is 6.14. The molecule has 1 aromatic carbocycles. The Morgan fingerprint density at radius 2 is 2.06 bits per heavy atom.